The summed E-state index contributed by atoms with van der Waals surface area (Å²) in [6.07, 6.45) is -4.47. The van der Waals surface area contributed by atoms with Crippen molar-refractivity contribution in [2.45, 2.75) is 17.6 Å². The Labute approximate surface area is 133 Å². The van der Waals surface area contributed by atoms with Gasteiger partial charge in [0.15, 0.2) is 0 Å². The average molecular weight is 343 g/mol. The summed E-state index contributed by atoms with van der Waals surface area (Å²) in [5.41, 5.74) is -0.805. The van der Waals surface area contributed by atoms with Crippen LogP contribution in [0.3, 0.4) is 0 Å². The number of rotatable bonds is 3. The molecule has 2 heterocycles. The van der Waals surface area contributed by atoms with E-state index in [1.54, 1.807) is 6.07 Å². The Morgan fingerprint density at radius 2 is 2.00 bits per heavy atom. The highest BCUT2D eigenvalue weighted by atomic mass is 32.2. The van der Waals surface area contributed by atoms with Crippen molar-refractivity contribution >= 4 is 17.7 Å². The first-order valence-electron chi connectivity index (χ1n) is 6.73. The third-order valence-electron chi connectivity index (χ3n) is 3.46. The number of hydrogen-bond donors (Lipinski definition) is 2. The van der Waals surface area contributed by atoms with Crippen LogP contribution in [0, 0.1) is 0 Å². The molecule has 1 aromatic heterocycles. The lowest BCUT2D eigenvalue weighted by atomic mass is 10.1. The lowest BCUT2D eigenvalue weighted by Gasteiger charge is -2.11. The molecule has 3 rings (SSSR count). The predicted molar refractivity (Wildman–Crippen MR) is 78.9 cm³/mol. The lowest BCUT2D eigenvalue weighted by molar-refractivity contribution is -0.139. The van der Waals surface area contributed by atoms with E-state index in [1.165, 1.54) is 36.0 Å². The van der Waals surface area contributed by atoms with Crippen molar-refractivity contribution in [1.29, 1.82) is 0 Å². The van der Waals surface area contributed by atoms with Crippen molar-refractivity contribution in [3.63, 3.8) is 0 Å². The van der Waals surface area contributed by atoms with Gasteiger partial charge < -0.3 is 9.52 Å². The molecule has 1 aromatic carbocycles. The van der Waals surface area contributed by atoms with Crippen molar-refractivity contribution in [2.75, 3.05) is 5.75 Å². The van der Waals surface area contributed by atoms with E-state index in [2.05, 4.69) is 5.32 Å². The molecule has 2 aromatic rings. The van der Waals surface area contributed by atoms with Crippen molar-refractivity contribution < 1.29 is 27.5 Å². The maximum atomic E-state index is 13.1. The first-order chi connectivity index (χ1) is 10.9. The molecule has 0 saturated carbocycles. The number of aliphatic carboxylic acids is 1. The summed E-state index contributed by atoms with van der Waals surface area (Å²) in [6.45, 7) is 0. The van der Waals surface area contributed by atoms with Gasteiger partial charge in [0.1, 0.15) is 22.9 Å². The first-order valence-corrected chi connectivity index (χ1v) is 7.78. The summed E-state index contributed by atoms with van der Waals surface area (Å²) in [6, 6.07) is 7.52. The second-order valence-corrected chi connectivity index (χ2v) is 6.15. The molecule has 2 N–H and O–H groups in total. The fraction of sp³-hybridized carbons (Fsp3) is 0.267. The van der Waals surface area contributed by atoms with Gasteiger partial charge in [0.05, 0.1) is 5.56 Å². The molecule has 2 unspecified atom stereocenters. The minimum absolute atomic E-state index is 0.0379. The zero-order chi connectivity index (χ0) is 16.6. The van der Waals surface area contributed by atoms with Crippen LogP contribution in [0.5, 0.6) is 0 Å². The minimum atomic E-state index is -4.47. The molecular weight excluding hydrogens is 331 g/mol. The van der Waals surface area contributed by atoms with Crippen molar-refractivity contribution in [3.05, 3.63) is 47.7 Å². The van der Waals surface area contributed by atoms with E-state index in [-0.39, 0.29) is 16.7 Å². The van der Waals surface area contributed by atoms with E-state index in [0.717, 1.165) is 6.07 Å². The van der Waals surface area contributed by atoms with Gasteiger partial charge in [0, 0.05) is 11.3 Å². The number of furan rings is 1. The van der Waals surface area contributed by atoms with Gasteiger partial charge in [0.25, 0.3) is 0 Å². The Hall–Kier alpha value is -1.93. The quantitative estimate of drug-likeness (QED) is 0.889. The van der Waals surface area contributed by atoms with Crippen molar-refractivity contribution in [2.24, 2.45) is 0 Å². The summed E-state index contributed by atoms with van der Waals surface area (Å²) in [5.74, 6) is -0.0798. The van der Waals surface area contributed by atoms with Gasteiger partial charge in [-0.05, 0) is 18.2 Å². The van der Waals surface area contributed by atoms with Crippen LogP contribution in [-0.2, 0) is 11.0 Å². The maximum absolute atomic E-state index is 13.1. The number of benzene rings is 1. The van der Waals surface area contributed by atoms with Crippen LogP contribution < -0.4 is 5.32 Å². The van der Waals surface area contributed by atoms with Gasteiger partial charge in [-0.15, -0.1) is 11.8 Å². The van der Waals surface area contributed by atoms with Gasteiger partial charge in [-0.25, -0.2) is 0 Å². The fourth-order valence-corrected chi connectivity index (χ4v) is 3.54. The first kappa shape index (κ1) is 15.9. The molecule has 0 bridgehead atoms. The van der Waals surface area contributed by atoms with Gasteiger partial charge in [-0.2, -0.15) is 13.2 Å². The van der Waals surface area contributed by atoms with Gasteiger partial charge in [-0.3, -0.25) is 10.1 Å². The van der Waals surface area contributed by atoms with Crippen molar-refractivity contribution in [1.82, 2.24) is 5.32 Å². The zero-order valence-corrected chi connectivity index (χ0v) is 12.4. The van der Waals surface area contributed by atoms with Crippen LogP contribution >= 0.6 is 11.8 Å². The highest BCUT2D eigenvalue weighted by Gasteiger charge is 2.35. The van der Waals surface area contributed by atoms with Crippen LogP contribution in [-0.4, -0.2) is 22.9 Å². The Morgan fingerprint density at radius 3 is 2.65 bits per heavy atom. The summed E-state index contributed by atoms with van der Waals surface area (Å²) in [4.78, 5) is 10.9. The Bertz CT molecular complexity index is 729. The zero-order valence-electron chi connectivity index (χ0n) is 11.6. The average Bonchev–Trinajstić information content (AvgIpc) is 3.15. The minimum Gasteiger partial charge on any atom is -0.480 e. The number of carboxylic acids is 1. The second-order valence-electron chi connectivity index (χ2n) is 5.02. The van der Waals surface area contributed by atoms with Crippen LogP contribution in [0.15, 0.2) is 40.8 Å². The smallest absolute Gasteiger partial charge is 0.417 e. The number of alkyl halides is 3. The van der Waals surface area contributed by atoms with Gasteiger partial charge in [0.2, 0.25) is 0 Å². The number of hydrogen-bond acceptors (Lipinski definition) is 4. The Morgan fingerprint density at radius 1 is 1.26 bits per heavy atom. The van der Waals surface area contributed by atoms with E-state index in [4.69, 9.17) is 9.52 Å². The molecule has 8 heteroatoms. The molecule has 0 aliphatic carbocycles. The largest absolute Gasteiger partial charge is 0.480 e. The number of nitrogens with one attached hydrogen (secondary N) is 1. The maximum Gasteiger partial charge on any atom is 0.417 e. The van der Waals surface area contributed by atoms with Crippen molar-refractivity contribution in [3.8, 4) is 11.3 Å². The molecule has 4 nitrogen and oxygen atoms in total. The molecule has 0 radical (unpaired) electrons. The second kappa shape index (κ2) is 5.93. The normalized spacial score (nSPS) is 21.5. The Kier molecular flexibility index (Phi) is 4.11. The molecule has 23 heavy (non-hydrogen) atoms. The topological polar surface area (TPSA) is 62.5 Å². The van der Waals surface area contributed by atoms with E-state index in [9.17, 15) is 18.0 Å². The third kappa shape index (κ3) is 3.23. The standard InChI is InChI=1S/C15H12F3NO3S/c16-15(17,18)9-4-2-1-3-8(9)11-5-6-12(22-11)13-19-10(7-23-13)14(20)21/h1-6,10,13,19H,7H2,(H,20,21). The van der Waals surface area contributed by atoms with E-state index >= 15 is 0 Å². The SMILES string of the molecule is O=C(O)C1CSC(c2ccc(-c3ccccc3C(F)(F)F)o2)N1. The van der Waals surface area contributed by atoms with Crippen LogP contribution in [0.1, 0.15) is 16.7 Å². The molecule has 0 amide bonds. The monoisotopic (exact) mass is 343 g/mol. The number of carboxylic acid groups (broad SMARTS) is 1. The number of carbonyl (C=O) groups is 1. The molecule has 1 aliphatic rings. The Balaban J connectivity index is 1.88. The summed E-state index contributed by atoms with van der Waals surface area (Å²) in [5, 5.41) is 11.4. The lowest BCUT2D eigenvalue weighted by Crippen LogP contribution is -2.33. The van der Waals surface area contributed by atoms with Gasteiger partial charge >= 0.3 is 12.1 Å². The molecule has 122 valence electrons. The number of halogens is 3. The third-order valence-corrected chi connectivity index (χ3v) is 4.69. The summed E-state index contributed by atoms with van der Waals surface area (Å²) >= 11 is 1.34. The summed E-state index contributed by atoms with van der Waals surface area (Å²) in [7, 11) is 0. The highest BCUT2D eigenvalue weighted by Crippen LogP contribution is 2.40. The van der Waals surface area contributed by atoms with Crippen LogP contribution in [0.4, 0.5) is 13.2 Å². The molecular formula is C15H12F3NO3S. The fourth-order valence-electron chi connectivity index (χ4n) is 2.36. The summed E-state index contributed by atoms with van der Waals surface area (Å²) < 4.78 is 44.7. The molecule has 1 fully saturated rings. The molecule has 2 atom stereocenters. The van der Waals surface area contributed by atoms with Crippen LogP contribution in [0.25, 0.3) is 11.3 Å². The highest BCUT2D eigenvalue weighted by molar-refractivity contribution is 7.99. The molecule has 1 aliphatic heterocycles. The molecule has 1 saturated heterocycles. The van der Waals surface area contributed by atoms with Crippen LogP contribution in [0.2, 0.25) is 0 Å². The van der Waals surface area contributed by atoms with E-state index < -0.39 is 23.8 Å². The number of thioether (sulfide) groups is 1. The van der Waals surface area contributed by atoms with Gasteiger partial charge in [-0.1, -0.05) is 18.2 Å². The van der Waals surface area contributed by atoms with E-state index in [1.807, 2.05) is 0 Å². The molecule has 0 spiro atoms. The van der Waals surface area contributed by atoms with E-state index in [0.29, 0.717) is 11.5 Å². The predicted octanol–water partition coefficient (Wildman–Crippen LogP) is 3.75.